The summed E-state index contributed by atoms with van der Waals surface area (Å²) in [4.78, 5) is 4.04. The molecule has 2 nitrogen and oxygen atoms in total. The number of rotatable bonds is 1. The summed E-state index contributed by atoms with van der Waals surface area (Å²) in [6.07, 6.45) is 1.77. The van der Waals surface area contributed by atoms with Crippen LogP contribution in [0.25, 0.3) is 0 Å². The fourth-order valence-electron chi connectivity index (χ4n) is 0.657. The molecule has 0 aliphatic carbocycles. The molecule has 1 atom stereocenters. The molecule has 0 unspecified atom stereocenters. The second kappa shape index (κ2) is 4.70. The van der Waals surface area contributed by atoms with Gasteiger partial charge in [-0.3, -0.25) is 0 Å². The maximum atomic E-state index is 5.61. The number of halogens is 2. The molecule has 1 aromatic heterocycles. The highest BCUT2D eigenvalue weighted by molar-refractivity contribution is 9.10. The van der Waals surface area contributed by atoms with E-state index >= 15 is 0 Å². The lowest BCUT2D eigenvalue weighted by Gasteiger charge is -2.02. The SMILES string of the molecule is C[C@@H](N)c1ccc(Br)nc1.Cl. The first-order valence-electron chi connectivity index (χ1n) is 3.07. The lowest BCUT2D eigenvalue weighted by atomic mass is 10.2. The van der Waals surface area contributed by atoms with Gasteiger partial charge in [0.25, 0.3) is 0 Å². The zero-order chi connectivity index (χ0) is 7.56. The van der Waals surface area contributed by atoms with Gasteiger partial charge in [0, 0.05) is 12.2 Å². The minimum Gasteiger partial charge on any atom is -0.324 e. The van der Waals surface area contributed by atoms with Crippen LogP contribution in [0.15, 0.2) is 22.9 Å². The van der Waals surface area contributed by atoms with Crippen molar-refractivity contribution in [1.29, 1.82) is 0 Å². The van der Waals surface area contributed by atoms with Gasteiger partial charge in [-0.15, -0.1) is 12.4 Å². The molecule has 0 aliphatic heterocycles. The number of hydrogen-bond donors (Lipinski definition) is 1. The van der Waals surface area contributed by atoms with Gasteiger partial charge in [-0.1, -0.05) is 6.07 Å². The van der Waals surface area contributed by atoms with E-state index in [1.807, 2.05) is 19.1 Å². The van der Waals surface area contributed by atoms with Crippen LogP contribution in [0.2, 0.25) is 0 Å². The molecule has 0 radical (unpaired) electrons. The summed E-state index contributed by atoms with van der Waals surface area (Å²) in [6.45, 7) is 1.94. The first-order chi connectivity index (χ1) is 4.70. The Kier molecular flexibility index (Phi) is 4.65. The van der Waals surface area contributed by atoms with Gasteiger partial charge in [-0.05, 0) is 34.5 Å². The van der Waals surface area contributed by atoms with Gasteiger partial charge < -0.3 is 5.73 Å². The standard InChI is InChI=1S/C7H9BrN2.ClH/c1-5(9)6-2-3-7(8)10-4-6;/h2-5H,9H2,1H3;1H/t5-;/m1./s1. The summed E-state index contributed by atoms with van der Waals surface area (Å²) in [7, 11) is 0. The van der Waals surface area contributed by atoms with E-state index in [0.717, 1.165) is 10.2 Å². The quantitative estimate of drug-likeness (QED) is 0.761. The Bertz CT molecular complexity index is 210. The Morgan fingerprint density at radius 3 is 2.55 bits per heavy atom. The molecule has 0 saturated carbocycles. The Labute approximate surface area is 80.7 Å². The van der Waals surface area contributed by atoms with Crippen molar-refractivity contribution in [3.05, 3.63) is 28.5 Å². The van der Waals surface area contributed by atoms with Gasteiger partial charge in [-0.25, -0.2) is 4.98 Å². The molecule has 2 N–H and O–H groups in total. The third-order valence-corrected chi connectivity index (χ3v) is 1.75. The van der Waals surface area contributed by atoms with Gasteiger partial charge in [0.05, 0.1) is 0 Å². The Morgan fingerprint density at radius 2 is 2.18 bits per heavy atom. The van der Waals surface area contributed by atoms with Crippen LogP contribution in [-0.4, -0.2) is 4.98 Å². The fraction of sp³-hybridized carbons (Fsp3) is 0.286. The predicted octanol–water partition coefficient (Wildman–Crippen LogP) is 2.29. The Hall–Kier alpha value is -0.120. The van der Waals surface area contributed by atoms with E-state index in [1.54, 1.807) is 6.20 Å². The molecule has 1 rings (SSSR count). The highest BCUT2D eigenvalue weighted by Gasteiger charge is 1.97. The molecule has 11 heavy (non-hydrogen) atoms. The van der Waals surface area contributed by atoms with Crippen molar-refractivity contribution in [2.75, 3.05) is 0 Å². The summed E-state index contributed by atoms with van der Waals surface area (Å²) < 4.78 is 0.844. The summed E-state index contributed by atoms with van der Waals surface area (Å²) in [5.41, 5.74) is 6.67. The van der Waals surface area contributed by atoms with Crippen molar-refractivity contribution in [3.8, 4) is 0 Å². The predicted molar refractivity (Wildman–Crippen MR) is 51.8 cm³/mol. The topological polar surface area (TPSA) is 38.9 Å². The normalized spacial score (nSPS) is 11.9. The smallest absolute Gasteiger partial charge is 0.106 e. The van der Waals surface area contributed by atoms with Crippen molar-refractivity contribution in [2.24, 2.45) is 5.73 Å². The van der Waals surface area contributed by atoms with E-state index in [-0.39, 0.29) is 18.4 Å². The van der Waals surface area contributed by atoms with E-state index in [1.165, 1.54) is 0 Å². The molecule has 1 heterocycles. The van der Waals surface area contributed by atoms with E-state index in [2.05, 4.69) is 20.9 Å². The molecule has 0 spiro atoms. The second-order valence-electron chi connectivity index (χ2n) is 2.20. The van der Waals surface area contributed by atoms with Crippen LogP contribution in [0.3, 0.4) is 0 Å². The molecule has 0 bridgehead atoms. The average Bonchev–Trinajstić information content (AvgIpc) is 1.88. The maximum absolute atomic E-state index is 5.61. The van der Waals surface area contributed by atoms with Crippen LogP contribution in [0.5, 0.6) is 0 Å². The van der Waals surface area contributed by atoms with Crippen molar-refractivity contribution >= 4 is 28.3 Å². The van der Waals surface area contributed by atoms with Crippen LogP contribution in [-0.2, 0) is 0 Å². The van der Waals surface area contributed by atoms with Gasteiger partial charge in [0.15, 0.2) is 0 Å². The van der Waals surface area contributed by atoms with Crippen molar-refractivity contribution in [2.45, 2.75) is 13.0 Å². The number of nitrogens with two attached hydrogens (primary N) is 1. The second-order valence-corrected chi connectivity index (χ2v) is 3.02. The van der Waals surface area contributed by atoms with Crippen molar-refractivity contribution in [3.63, 3.8) is 0 Å². The summed E-state index contributed by atoms with van der Waals surface area (Å²) in [6, 6.07) is 3.92. The zero-order valence-electron chi connectivity index (χ0n) is 6.12. The molecule has 0 aromatic carbocycles. The first kappa shape index (κ1) is 10.9. The molecule has 4 heteroatoms. The average molecular weight is 238 g/mol. The van der Waals surface area contributed by atoms with Crippen molar-refractivity contribution < 1.29 is 0 Å². The molecule has 0 aliphatic rings. The number of hydrogen-bond acceptors (Lipinski definition) is 2. The minimum atomic E-state index is 0. The van der Waals surface area contributed by atoms with E-state index in [9.17, 15) is 0 Å². The molecule has 62 valence electrons. The molecule has 0 amide bonds. The number of aromatic nitrogens is 1. The van der Waals surface area contributed by atoms with Gasteiger partial charge in [0.2, 0.25) is 0 Å². The zero-order valence-corrected chi connectivity index (χ0v) is 8.52. The lowest BCUT2D eigenvalue weighted by molar-refractivity contribution is 0.810. The lowest BCUT2D eigenvalue weighted by Crippen LogP contribution is -2.04. The van der Waals surface area contributed by atoms with Crippen molar-refractivity contribution in [1.82, 2.24) is 4.98 Å². The van der Waals surface area contributed by atoms with Gasteiger partial charge in [-0.2, -0.15) is 0 Å². The van der Waals surface area contributed by atoms with Gasteiger partial charge in [0.1, 0.15) is 4.60 Å². The highest BCUT2D eigenvalue weighted by atomic mass is 79.9. The van der Waals surface area contributed by atoms with E-state index in [0.29, 0.717) is 0 Å². The number of nitrogens with zero attached hydrogens (tertiary/aromatic N) is 1. The molecular formula is C7H10BrClN2. The fourth-order valence-corrected chi connectivity index (χ4v) is 0.891. The molecular weight excluding hydrogens is 227 g/mol. The van der Waals surface area contributed by atoms with Crippen LogP contribution in [0.1, 0.15) is 18.5 Å². The molecule has 0 saturated heterocycles. The first-order valence-corrected chi connectivity index (χ1v) is 3.86. The van der Waals surface area contributed by atoms with Crippen LogP contribution < -0.4 is 5.73 Å². The Morgan fingerprint density at radius 1 is 1.55 bits per heavy atom. The van der Waals surface area contributed by atoms with E-state index in [4.69, 9.17) is 5.73 Å². The minimum absolute atomic E-state index is 0. The highest BCUT2D eigenvalue weighted by Crippen LogP contribution is 2.10. The third-order valence-electron chi connectivity index (χ3n) is 1.28. The maximum Gasteiger partial charge on any atom is 0.106 e. The van der Waals surface area contributed by atoms with Crippen LogP contribution in [0.4, 0.5) is 0 Å². The monoisotopic (exact) mass is 236 g/mol. The largest absolute Gasteiger partial charge is 0.324 e. The summed E-state index contributed by atoms with van der Waals surface area (Å²) in [5, 5.41) is 0. The van der Waals surface area contributed by atoms with Crippen LogP contribution >= 0.6 is 28.3 Å². The van der Waals surface area contributed by atoms with Gasteiger partial charge >= 0.3 is 0 Å². The summed E-state index contributed by atoms with van der Waals surface area (Å²) in [5.74, 6) is 0. The summed E-state index contributed by atoms with van der Waals surface area (Å²) >= 11 is 3.24. The third kappa shape index (κ3) is 3.18. The van der Waals surface area contributed by atoms with Crippen LogP contribution in [0, 0.1) is 0 Å². The Balaban J connectivity index is 0.000001000. The molecule has 1 aromatic rings. The molecule has 0 fully saturated rings. The number of pyridine rings is 1. The van der Waals surface area contributed by atoms with E-state index < -0.39 is 0 Å².